The molecule has 0 unspecified atom stereocenters. The summed E-state index contributed by atoms with van der Waals surface area (Å²) in [7, 11) is 4.41. The van der Waals surface area contributed by atoms with Crippen molar-refractivity contribution in [1.82, 2.24) is 14.6 Å². The highest BCUT2D eigenvalue weighted by molar-refractivity contribution is 6.04. The minimum absolute atomic E-state index is 0.0227. The van der Waals surface area contributed by atoms with Crippen LogP contribution in [0.3, 0.4) is 0 Å². The van der Waals surface area contributed by atoms with Gasteiger partial charge in [-0.05, 0) is 12.1 Å². The monoisotopic (exact) mass is 444 g/mol. The average Bonchev–Trinajstić information content (AvgIpc) is 3.20. The normalized spacial score (nSPS) is 15.3. The number of methoxy groups -OCH3 is 3. The highest BCUT2D eigenvalue weighted by Crippen LogP contribution is 2.46. The molecule has 170 valence electrons. The van der Waals surface area contributed by atoms with E-state index in [1.165, 1.54) is 39.3 Å². The number of rotatable bonds is 7. The van der Waals surface area contributed by atoms with E-state index in [1.54, 1.807) is 12.1 Å². The number of carbonyl (C=O) groups is 1. The van der Waals surface area contributed by atoms with Crippen LogP contribution in [-0.2, 0) is 11.3 Å². The molecule has 0 radical (unpaired) electrons. The number of amides is 1. The molecule has 2 heterocycles. The van der Waals surface area contributed by atoms with Gasteiger partial charge in [0.05, 0.1) is 33.1 Å². The van der Waals surface area contributed by atoms with Crippen LogP contribution in [0.4, 0.5) is 0 Å². The maximum absolute atomic E-state index is 12.5. The van der Waals surface area contributed by atoms with Crippen molar-refractivity contribution in [3.8, 4) is 23.1 Å². The second-order valence-corrected chi connectivity index (χ2v) is 6.91. The van der Waals surface area contributed by atoms with Crippen molar-refractivity contribution >= 4 is 11.6 Å². The maximum Gasteiger partial charge on any atom is 0.331 e. The van der Waals surface area contributed by atoms with Crippen molar-refractivity contribution in [3.63, 3.8) is 0 Å². The zero-order valence-electron chi connectivity index (χ0n) is 18.2. The largest absolute Gasteiger partial charge is 0.494 e. The Morgan fingerprint density at radius 3 is 2.50 bits per heavy atom. The van der Waals surface area contributed by atoms with E-state index >= 15 is 0 Å². The molecule has 2 N–H and O–H groups in total. The highest BCUT2D eigenvalue weighted by atomic mass is 16.5. The maximum atomic E-state index is 12.5. The summed E-state index contributed by atoms with van der Waals surface area (Å²) in [4.78, 5) is 39.1. The van der Waals surface area contributed by atoms with E-state index in [0.29, 0.717) is 22.8 Å². The Morgan fingerprint density at radius 1 is 1.25 bits per heavy atom. The summed E-state index contributed by atoms with van der Waals surface area (Å²) in [6.07, 6.45) is 1.48. The molecule has 0 aliphatic carbocycles. The lowest BCUT2D eigenvalue weighted by atomic mass is 9.97. The van der Waals surface area contributed by atoms with E-state index in [1.807, 2.05) is 0 Å². The molecule has 32 heavy (non-hydrogen) atoms. The lowest BCUT2D eigenvalue weighted by Gasteiger charge is -2.24. The minimum atomic E-state index is -0.810. The number of aromatic hydroxyl groups is 1. The number of allylic oxidation sites excluding steroid dienone is 1. The summed E-state index contributed by atoms with van der Waals surface area (Å²) < 4.78 is 17.2. The first-order valence-corrected chi connectivity index (χ1v) is 9.62. The van der Waals surface area contributed by atoms with Gasteiger partial charge in [0.25, 0.3) is 5.56 Å². The molecule has 0 saturated heterocycles. The van der Waals surface area contributed by atoms with Crippen LogP contribution in [0.5, 0.6) is 23.1 Å². The van der Waals surface area contributed by atoms with Crippen LogP contribution in [0.1, 0.15) is 30.5 Å². The molecule has 1 aromatic carbocycles. The minimum Gasteiger partial charge on any atom is -0.494 e. The van der Waals surface area contributed by atoms with Gasteiger partial charge in [-0.1, -0.05) is 6.08 Å². The van der Waals surface area contributed by atoms with E-state index in [4.69, 9.17) is 14.2 Å². The van der Waals surface area contributed by atoms with Crippen LogP contribution in [0.15, 0.2) is 39.5 Å². The first-order valence-electron chi connectivity index (χ1n) is 9.62. The summed E-state index contributed by atoms with van der Waals surface area (Å²) in [5.41, 5.74) is -1.08. The molecule has 0 spiro atoms. The predicted octanol–water partition coefficient (Wildman–Crippen LogP) is 1.15. The number of carbonyl (C=O) groups excluding carboxylic acids is 1. The molecule has 11 nitrogen and oxygen atoms in total. The van der Waals surface area contributed by atoms with Crippen molar-refractivity contribution < 1.29 is 24.1 Å². The van der Waals surface area contributed by atoms with E-state index in [2.05, 4.69) is 16.7 Å². The number of nitrogens with zero attached hydrogens (tertiary/aromatic N) is 3. The van der Waals surface area contributed by atoms with Gasteiger partial charge < -0.3 is 19.3 Å². The molecule has 1 atom stereocenters. The third kappa shape index (κ3) is 3.72. The summed E-state index contributed by atoms with van der Waals surface area (Å²) in [6.45, 7) is 4.85. The van der Waals surface area contributed by atoms with Gasteiger partial charge in [0.1, 0.15) is 5.56 Å². The van der Waals surface area contributed by atoms with Crippen molar-refractivity contribution in [2.75, 3.05) is 21.3 Å². The molecule has 1 aliphatic rings. The lowest BCUT2D eigenvalue weighted by molar-refractivity contribution is -0.130. The number of ether oxygens (including phenoxy) is 3. The standard InChI is InChI=1S/C21H24N4O7/c1-6-9-24-20(28)16(19(27)22-21(24)29)13-10-14(25(23-13)11(2)26)12-7-8-15(30-3)18(32-5)17(12)31-4/h6-8,14,28H,1,9-10H2,2-5H3,(H,22,27,29)/t14-/m0/s1. The van der Waals surface area contributed by atoms with Crippen molar-refractivity contribution in [1.29, 1.82) is 0 Å². The van der Waals surface area contributed by atoms with Crippen LogP contribution in [-0.4, -0.2) is 52.6 Å². The molecule has 0 bridgehead atoms. The van der Waals surface area contributed by atoms with Crippen LogP contribution in [0.25, 0.3) is 0 Å². The average molecular weight is 444 g/mol. The number of hydrogen-bond donors (Lipinski definition) is 2. The first-order chi connectivity index (χ1) is 15.3. The summed E-state index contributed by atoms with van der Waals surface area (Å²) in [5, 5.41) is 16.1. The fourth-order valence-corrected chi connectivity index (χ4v) is 3.70. The SMILES string of the molecule is C=CCn1c(O)c(C2=NN(C(C)=O)[C@H](c3ccc(OC)c(OC)c3OC)C2)c(=O)[nH]c1=O. The van der Waals surface area contributed by atoms with Gasteiger partial charge in [0, 0.05) is 25.5 Å². The zero-order valence-corrected chi connectivity index (χ0v) is 18.2. The van der Waals surface area contributed by atoms with E-state index < -0.39 is 29.1 Å². The number of aromatic amines is 1. The fourth-order valence-electron chi connectivity index (χ4n) is 3.70. The van der Waals surface area contributed by atoms with Crippen molar-refractivity contribution in [2.24, 2.45) is 5.10 Å². The van der Waals surface area contributed by atoms with Crippen molar-refractivity contribution in [2.45, 2.75) is 25.9 Å². The molecular formula is C21H24N4O7. The number of H-pyrrole nitrogens is 1. The predicted molar refractivity (Wildman–Crippen MR) is 116 cm³/mol. The molecule has 2 aromatic rings. The molecule has 1 aliphatic heterocycles. The lowest BCUT2D eigenvalue weighted by Crippen LogP contribution is -2.33. The molecule has 1 amide bonds. The van der Waals surface area contributed by atoms with Gasteiger partial charge in [-0.25, -0.2) is 9.80 Å². The Bertz CT molecular complexity index is 1210. The molecular weight excluding hydrogens is 420 g/mol. The molecule has 1 aromatic heterocycles. The van der Waals surface area contributed by atoms with Crippen LogP contribution in [0.2, 0.25) is 0 Å². The number of hydrogen-bond acceptors (Lipinski definition) is 8. The van der Waals surface area contributed by atoms with Crippen LogP contribution >= 0.6 is 0 Å². The van der Waals surface area contributed by atoms with Gasteiger partial charge in [0.15, 0.2) is 11.5 Å². The van der Waals surface area contributed by atoms with Gasteiger partial charge >= 0.3 is 5.69 Å². The summed E-state index contributed by atoms with van der Waals surface area (Å²) >= 11 is 0. The Morgan fingerprint density at radius 2 is 1.94 bits per heavy atom. The molecule has 3 rings (SSSR count). The molecule has 0 saturated carbocycles. The third-order valence-electron chi connectivity index (χ3n) is 5.10. The zero-order chi connectivity index (χ0) is 23.6. The quantitative estimate of drug-likeness (QED) is 0.612. The Kier molecular flexibility index (Phi) is 6.37. The molecule has 0 fully saturated rings. The smallest absolute Gasteiger partial charge is 0.331 e. The Labute approximate surface area is 183 Å². The van der Waals surface area contributed by atoms with Crippen LogP contribution in [0, 0.1) is 0 Å². The topological polar surface area (TPSA) is 135 Å². The second-order valence-electron chi connectivity index (χ2n) is 6.91. The summed E-state index contributed by atoms with van der Waals surface area (Å²) in [5.74, 6) is 0.171. The fraction of sp³-hybridized carbons (Fsp3) is 0.333. The van der Waals surface area contributed by atoms with Gasteiger partial charge in [-0.2, -0.15) is 5.10 Å². The highest BCUT2D eigenvalue weighted by Gasteiger charge is 2.37. The van der Waals surface area contributed by atoms with Gasteiger partial charge in [-0.15, -0.1) is 6.58 Å². The van der Waals surface area contributed by atoms with Crippen LogP contribution < -0.4 is 25.5 Å². The Hall–Kier alpha value is -4.02. The number of hydrazone groups is 1. The van der Waals surface area contributed by atoms with Gasteiger partial charge in [-0.3, -0.25) is 19.1 Å². The van der Waals surface area contributed by atoms with E-state index in [9.17, 15) is 19.5 Å². The number of nitrogens with one attached hydrogen (secondary N) is 1. The van der Waals surface area contributed by atoms with Gasteiger partial charge in [0.2, 0.25) is 17.5 Å². The van der Waals surface area contributed by atoms with Crippen molar-refractivity contribution in [3.05, 3.63) is 56.8 Å². The number of aromatic nitrogens is 2. The van der Waals surface area contributed by atoms with E-state index in [0.717, 1.165) is 4.57 Å². The second kappa shape index (κ2) is 9.00. The first kappa shape index (κ1) is 22.7. The van der Waals surface area contributed by atoms with E-state index in [-0.39, 0.29) is 24.2 Å². The molecule has 11 heteroatoms. The summed E-state index contributed by atoms with van der Waals surface area (Å²) in [6, 6.07) is 2.72. The number of benzene rings is 1. The Balaban J connectivity index is 2.16. The third-order valence-corrected chi connectivity index (χ3v) is 5.10.